The Labute approximate surface area is 85.3 Å². The van der Waals surface area contributed by atoms with Crippen LogP contribution < -0.4 is 5.32 Å². The van der Waals surface area contributed by atoms with Crippen molar-refractivity contribution in [3.05, 3.63) is 0 Å². The van der Waals surface area contributed by atoms with Gasteiger partial charge in [-0.2, -0.15) is 0 Å². The number of nitrogens with zero attached hydrogens (tertiary/aromatic N) is 1. The first-order chi connectivity index (χ1) is 6.69. The molecular formula is C10H20N2O2. The number of carbonyl (C=O) groups is 1. The predicted molar refractivity (Wildman–Crippen MR) is 55.0 cm³/mol. The van der Waals surface area contributed by atoms with E-state index in [4.69, 9.17) is 5.11 Å². The second kappa shape index (κ2) is 5.32. The van der Waals surface area contributed by atoms with Crippen LogP contribution in [-0.2, 0) is 4.79 Å². The second-order valence-electron chi connectivity index (χ2n) is 3.88. The summed E-state index contributed by atoms with van der Waals surface area (Å²) in [5.41, 5.74) is 0. The fourth-order valence-corrected chi connectivity index (χ4v) is 1.45. The van der Waals surface area contributed by atoms with Gasteiger partial charge in [-0.3, -0.25) is 4.79 Å². The predicted octanol–water partition coefficient (Wildman–Crippen LogP) is -0.0323. The van der Waals surface area contributed by atoms with Crippen LogP contribution in [0, 0.1) is 0 Å². The zero-order chi connectivity index (χ0) is 10.6. The van der Waals surface area contributed by atoms with Gasteiger partial charge in [-0.25, -0.2) is 0 Å². The molecule has 82 valence electrons. The topological polar surface area (TPSA) is 52.6 Å². The van der Waals surface area contributed by atoms with Gasteiger partial charge in [0.2, 0.25) is 5.91 Å². The summed E-state index contributed by atoms with van der Waals surface area (Å²) < 4.78 is 0. The van der Waals surface area contributed by atoms with E-state index in [0.717, 1.165) is 19.4 Å². The zero-order valence-electron chi connectivity index (χ0n) is 8.99. The summed E-state index contributed by atoms with van der Waals surface area (Å²) in [4.78, 5) is 13.6. The molecule has 0 aliphatic heterocycles. The molecule has 1 fully saturated rings. The third-order valence-corrected chi connectivity index (χ3v) is 2.52. The highest BCUT2D eigenvalue weighted by atomic mass is 16.3. The van der Waals surface area contributed by atoms with E-state index in [1.165, 1.54) is 0 Å². The maximum atomic E-state index is 11.7. The van der Waals surface area contributed by atoms with Gasteiger partial charge >= 0.3 is 0 Å². The number of hydrogen-bond donors (Lipinski definition) is 2. The minimum absolute atomic E-state index is 0.00291. The lowest BCUT2D eigenvalue weighted by Gasteiger charge is -2.21. The molecule has 1 aliphatic carbocycles. The van der Waals surface area contributed by atoms with Crippen LogP contribution in [0.15, 0.2) is 0 Å². The van der Waals surface area contributed by atoms with Crippen molar-refractivity contribution in [1.82, 2.24) is 10.2 Å². The van der Waals surface area contributed by atoms with E-state index in [9.17, 15) is 4.79 Å². The lowest BCUT2D eigenvalue weighted by Crippen LogP contribution is -2.42. The molecule has 0 saturated heterocycles. The second-order valence-corrected chi connectivity index (χ2v) is 3.88. The molecule has 0 bridgehead atoms. The molecule has 1 unspecified atom stereocenters. The van der Waals surface area contributed by atoms with E-state index < -0.39 is 0 Å². The highest BCUT2D eigenvalue weighted by Crippen LogP contribution is 2.26. The fraction of sp³-hybridized carbons (Fsp3) is 0.900. The molecule has 1 atom stereocenters. The van der Waals surface area contributed by atoms with Crippen molar-refractivity contribution in [3.8, 4) is 0 Å². The maximum Gasteiger partial charge on any atom is 0.236 e. The van der Waals surface area contributed by atoms with Gasteiger partial charge in [0.1, 0.15) is 0 Å². The average molecular weight is 200 g/mol. The molecule has 1 saturated carbocycles. The van der Waals surface area contributed by atoms with E-state index in [-0.39, 0.29) is 18.6 Å². The Hall–Kier alpha value is -0.610. The summed E-state index contributed by atoms with van der Waals surface area (Å²) in [6.07, 6.45) is 2.30. The highest BCUT2D eigenvalue weighted by molar-refractivity contribution is 5.78. The van der Waals surface area contributed by atoms with Crippen LogP contribution >= 0.6 is 0 Å². The molecule has 1 aliphatic rings. The molecule has 1 amide bonds. The first-order valence-electron chi connectivity index (χ1n) is 5.32. The van der Waals surface area contributed by atoms with E-state index in [1.54, 1.807) is 0 Å². The molecular weight excluding hydrogens is 180 g/mol. The Morgan fingerprint density at radius 2 is 2.29 bits per heavy atom. The third kappa shape index (κ3) is 3.27. The van der Waals surface area contributed by atoms with Crippen LogP contribution in [0.4, 0.5) is 0 Å². The van der Waals surface area contributed by atoms with Crippen molar-refractivity contribution >= 4 is 5.91 Å². The van der Waals surface area contributed by atoms with Crippen LogP contribution in [0.5, 0.6) is 0 Å². The Morgan fingerprint density at radius 1 is 1.64 bits per heavy atom. The summed E-state index contributed by atoms with van der Waals surface area (Å²) >= 11 is 0. The highest BCUT2D eigenvalue weighted by Gasteiger charge is 2.30. The average Bonchev–Trinajstić information content (AvgIpc) is 2.99. The normalized spacial score (nSPS) is 17.9. The number of nitrogens with one attached hydrogen (secondary N) is 1. The van der Waals surface area contributed by atoms with Crippen molar-refractivity contribution in [3.63, 3.8) is 0 Å². The number of amides is 1. The number of aliphatic hydroxyl groups is 1. The molecule has 0 aromatic heterocycles. The number of likely N-dealkylation sites (N-methyl/N-ethyl adjacent to an activating group) is 1. The van der Waals surface area contributed by atoms with Crippen LogP contribution in [0.25, 0.3) is 0 Å². The summed E-state index contributed by atoms with van der Waals surface area (Å²) in [5, 5.41) is 11.8. The van der Waals surface area contributed by atoms with E-state index in [2.05, 4.69) is 5.32 Å². The minimum atomic E-state index is -0.00291. The van der Waals surface area contributed by atoms with E-state index in [0.29, 0.717) is 12.6 Å². The van der Waals surface area contributed by atoms with Crippen LogP contribution in [0.3, 0.4) is 0 Å². The molecule has 2 N–H and O–H groups in total. The minimum Gasteiger partial charge on any atom is -0.395 e. The summed E-state index contributed by atoms with van der Waals surface area (Å²) in [5.74, 6) is 0.148. The van der Waals surface area contributed by atoms with Gasteiger partial charge in [-0.15, -0.1) is 0 Å². The van der Waals surface area contributed by atoms with Gasteiger partial charge in [0.25, 0.3) is 0 Å². The van der Waals surface area contributed by atoms with Crippen molar-refractivity contribution in [2.45, 2.75) is 38.8 Å². The summed E-state index contributed by atoms with van der Waals surface area (Å²) in [7, 11) is 0. The summed E-state index contributed by atoms with van der Waals surface area (Å²) in [6.45, 7) is 5.07. The van der Waals surface area contributed by atoms with Crippen LogP contribution in [-0.4, -0.2) is 47.7 Å². The first kappa shape index (κ1) is 11.5. The Kier molecular flexibility index (Phi) is 4.35. The standard InChI is InChI=1S/C10H20N2O2/c1-3-12(9-4-5-9)10(14)6-11-8(2)7-13/h8-9,11,13H,3-7H2,1-2H3. The largest absolute Gasteiger partial charge is 0.395 e. The van der Waals surface area contributed by atoms with Crippen LogP contribution in [0.2, 0.25) is 0 Å². The number of aliphatic hydroxyl groups excluding tert-OH is 1. The first-order valence-corrected chi connectivity index (χ1v) is 5.32. The molecule has 4 nitrogen and oxygen atoms in total. The molecule has 0 radical (unpaired) electrons. The lowest BCUT2D eigenvalue weighted by molar-refractivity contribution is -0.130. The summed E-state index contributed by atoms with van der Waals surface area (Å²) in [6, 6.07) is 0.482. The molecule has 0 aromatic rings. The quantitative estimate of drug-likeness (QED) is 0.633. The maximum absolute atomic E-state index is 11.7. The number of carbonyl (C=O) groups excluding carboxylic acids is 1. The van der Waals surface area contributed by atoms with Gasteiger partial charge < -0.3 is 15.3 Å². The number of rotatable bonds is 6. The Morgan fingerprint density at radius 3 is 2.71 bits per heavy atom. The van der Waals surface area contributed by atoms with Crippen molar-refractivity contribution in [2.75, 3.05) is 19.7 Å². The SMILES string of the molecule is CCN(C(=O)CNC(C)CO)C1CC1. The van der Waals surface area contributed by atoms with Crippen molar-refractivity contribution in [1.29, 1.82) is 0 Å². The Bertz CT molecular complexity index is 193. The molecule has 0 heterocycles. The van der Waals surface area contributed by atoms with Gasteiger partial charge in [0.15, 0.2) is 0 Å². The van der Waals surface area contributed by atoms with Gasteiger partial charge in [-0.05, 0) is 26.7 Å². The van der Waals surface area contributed by atoms with Crippen LogP contribution in [0.1, 0.15) is 26.7 Å². The molecule has 4 heteroatoms. The molecule has 0 aromatic carbocycles. The third-order valence-electron chi connectivity index (χ3n) is 2.52. The molecule has 0 spiro atoms. The van der Waals surface area contributed by atoms with Gasteiger partial charge in [0, 0.05) is 18.6 Å². The van der Waals surface area contributed by atoms with Gasteiger partial charge in [-0.1, -0.05) is 0 Å². The fourth-order valence-electron chi connectivity index (χ4n) is 1.45. The number of hydrogen-bond acceptors (Lipinski definition) is 3. The molecule has 1 rings (SSSR count). The van der Waals surface area contributed by atoms with E-state index in [1.807, 2.05) is 18.7 Å². The molecule has 14 heavy (non-hydrogen) atoms. The van der Waals surface area contributed by atoms with Crippen molar-refractivity contribution in [2.24, 2.45) is 0 Å². The Balaban J connectivity index is 2.25. The van der Waals surface area contributed by atoms with Crippen molar-refractivity contribution < 1.29 is 9.90 Å². The smallest absolute Gasteiger partial charge is 0.236 e. The monoisotopic (exact) mass is 200 g/mol. The zero-order valence-corrected chi connectivity index (χ0v) is 8.99. The van der Waals surface area contributed by atoms with Gasteiger partial charge in [0.05, 0.1) is 13.2 Å². The lowest BCUT2D eigenvalue weighted by atomic mass is 10.3. The van der Waals surface area contributed by atoms with E-state index >= 15 is 0 Å².